The van der Waals surface area contributed by atoms with Gasteiger partial charge in [-0.1, -0.05) is 30.5 Å². The third-order valence-corrected chi connectivity index (χ3v) is 6.82. The third kappa shape index (κ3) is 4.20. The number of hydrogen-bond acceptors (Lipinski definition) is 4. The van der Waals surface area contributed by atoms with Crippen molar-refractivity contribution < 1.29 is 9.59 Å². The van der Waals surface area contributed by atoms with E-state index in [1.807, 2.05) is 18.2 Å². The SMILES string of the molecule is O=C1C2CCCCC2C(=O)N1CCCCN1CCN(c2cccc(Cl)c2)CC1. The molecule has 2 aliphatic heterocycles. The molecule has 1 saturated carbocycles. The van der Waals surface area contributed by atoms with Crippen molar-refractivity contribution in [3.63, 3.8) is 0 Å². The van der Waals surface area contributed by atoms with Crippen molar-refractivity contribution in [3.8, 4) is 0 Å². The van der Waals surface area contributed by atoms with Crippen LogP contribution in [-0.4, -0.2) is 60.9 Å². The molecule has 2 amide bonds. The maximum atomic E-state index is 12.5. The number of likely N-dealkylation sites (tertiary alicyclic amines) is 1. The molecule has 1 aromatic carbocycles. The lowest BCUT2D eigenvalue weighted by atomic mass is 9.81. The second-order valence-electron chi connectivity index (χ2n) is 8.34. The molecule has 0 aromatic heterocycles. The summed E-state index contributed by atoms with van der Waals surface area (Å²) in [6.45, 7) is 5.73. The highest BCUT2D eigenvalue weighted by Crippen LogP contribution is 2.38. The van der Waals surface area contributed by atoms with E-state index >= 15 is 0 Å². The number of nitrogens with zero attached hydrogens (tertiary/aromatic N) is 3. The van der Waals surface area contributed by atoms with Crippen molar-refractivity contribution in [1.29, 1.82) is 0 Å². The van der Waals surface area contributed by atoms with Gasteiger partial charge in [-0.15, -0.1) is 0 Å². The van der Waals surface area contributed by atoms with E-state index in [4.69, 9.17) is 11.6 Å². The van der Waals surface area contributed by atoms with Crippen LogP contribution in [0.2, 0.25) is 5.02 Å². The van der Waals surface area contributed by atoms with Crippen molar-refractivity contribution in [1.82, 2.24) is 9.80 Å². The first-order valence-electron chi connectivity index (χ1n) is 10.7. The van der Waals surface area contributed by atoms with Gasteiger partial charge in [0.1, 0.15) is 0 Å². The number of unbranched alkanes of at least 4 members (excludes halogenated alkanes) is 1. The van der Waals surface area contributed by atoms with Gasteiger partial charge in [0, 0.05) is 43.4 Å². The summed E-state index contributed by atoms with van der Waals surface area (Å²) in [4.78, 5) is 31.5. The number of hydrogen-bond donors (Lipinski definition) is 0. The average molecular weight is 404 g/mol. The molecule has 2 atom stereocenters. The molecule has 1 aromatic rings. The number of halogens is 1. The van der Waals surface area contributed by atoms with Crippen LogP contribution in [0.15, 0.2) is 24.3 Å². The number of rotatable bonds is 6. The molecule has 5 nitrogen and oxygen atoms in total. The molecule has 0 spiro atoms. The summed E-state index contributed by atoms with van der Waals surface area (Å²) in [6.07, 6.45) is 5.94. The predicted molar refractivity (Wildman–Crippen MR) is 112 cm³/mol. The molecule has 2 saturated heterocycles. The molecule has 3 aliphatic rings. The smallest absolute Gasteiger partial charge is 0.233 e. The van der Waals surface area contributed by atoms with Crippen LogP contribution in [-0.2, 0) is 9.59 Å². The van der Waals surface area contributed by atoms with Crippen molar-refractivity contribution in [3.05, 3.63) is 29.3 Å². The standard InChI is InChI=1S/C22H30ClN3O2/c23-17-6-5-7-18(16-17)25-14-12-24(13-15-25)10-3-4-11-26-21(27)19-8-1-2-9-20(19)22(26)28/h5-7,16,19-20H,1-4,8-15H2. The molecule has 3 fully saturated rings. The lowest BCUT2D eigenvalue weighted by molar-refractivity contribution is -0.140. The quantitative estimate of drug-likeness (QED) is 0.539. The highest BCUT2D eigenvalue weighted by molar-refractivity contribution is 6.30. The summed E-state index contributed by atoms with van der Waals surface area (Å²) >= 11 is 6.10. The van der Waals surface area contributed by atoms with Gasteiger partial charge in [0.15, 0.2) is 0 Å². The van der Waals surface area contributed by atoms with E-state index < -0.39 is 0 Å². The normalized spacial score (nSPS) is 26.0. The summed E-state index contributed by atoms with van der Waals surface area (Å²) < 4.78 is 0. The van der Waals surface area contributed by atoms with Crippen molar-refractivity contribution >= 4 is 29.1 Å². The number of imide groups is 1. The zero-order valence-corrected chi connectivity index (χ0v) is 17.2. The van der Waals surface area contributed by atoms with Crippen LogP contribution >= 0.6 is 11.6 Å². The Labute approximate surface area is 172 Å². The molecular formula is C22H30ClN3O2. The van der Waals surface area contributed by atoms with E-state index in [-0.39, 0.29) is 23.7 Å². The maximum Gasteiger partial charge on any atom is 0.233 e. The molecule has 6 heteroatoms. The number of benzene rings is 1. The molecule has 0 bridgehead atoms. The van der Waals surface area contributed by atoms with Crippen LogP contribution < -0.4 is 4.90 Å². The maximum absolute atomic E-state index is 12.5. The largest absolute Gasteiger partial charge is 0.369 e. The third-order valence-electron chi connectivity index (χ3n) is 6.58. The molecule has 0 N–H and O–H groups in total. The first-order valence-corrected chi connectivity index (χ1v) is 11.1. The van der Waals surface area contributed by atoms with Crippen LogP contribution in [0.3, 0.4) is 0 Å². The Hall–Kier alpha value is -1.59. The topological polar surface area (TPSA) is 43.9 Å². The summed E-state index contributed by atoms with van der Waals surface area (Å²) in [5, 5.41) is 0.783. The van der Waals surface area contributed by atoms with Crippen LogP contribution in [0.4, 0.5) is 5.69 Å². The van der Waals surface area contributed by atoms with Gasteiger partial charge in [0.05, 0.1) is 11.8 Å². The zero-order chi connectivity index (χ0) is 19.5. The lowest BCUT2D eigenvalue weighted by Gasteiger charge is -2.36. The number of fused-ring (bicyclic) bond motifs is 1. The van der Waals surface area contributed by atoms with Crippen molar-refractivity contribution in [2.24, 2.45) is 11.8 Å². The van der Waals surface area contributed by atoms with Crippen LogP contribution in [0.1, 0.15) is 38.5 Å². The molecule has 4 rings (SSSR count). The van der Waals surface area contributed by atoms with Crippen LogP contribution in [0, 0.1) is 11.8 Å². The first kappa shape index (κ1) is 19.7. The Kier molecular flexibility index (Phi) is 6.22. The van der Waals surface area contributed by atoms with Crippen LogP contribution in [0.5, 0.6) is 0 Å². The number of carbonyl (C=O) groups is 2. The molecule has 1 aliphatic carbocycles. The molecule has 2 heterocycles. The van der Waals surface area contributed by atoms with Crippen molar-refractivity contribution in [2.45, 2.75) is 38.5 Å². The predicted octanol–water partition coefficient (Wildman–Crippen LogP) is 3.42. The Bertz CT molecular complexity index is 693. The molecule has 28 heavy (non-hydrogen) atoms. The minimum atomic E-state index is -0.0131. The van der Waals surface area contributed by atoms with Gasteiger partial charge in [-0.05, 0) is 50.4 Å². The Morgan fingerprint density at radius 1 is 0.893 bits per heavy atom. The van der Waals surface area contributed by atoms with E-state index in [0.717, 1.165) is 76.3 Å². The monoisotopic (exact) mass is 403 g/mol. The average Bonchev–Trinajstić information content (AvgIpc) is 2.96. The van der Waals surface area contributed by atoms with E-state index in [2.05, 4.69) is 15.9 Å². The zero-order valence-electron chi connectivity index (χ0n) is 16.5. The van der Waals surface area contributed by atoms with Gasteiger partial charge < -0.3 is 4.90 Å². The fourth-order valence-corrected chi connectivity index (χ4v) is 5.14. The second kappa shape index (κ2) is 8.83. The highest BCUT2D eigenvalue weighted by Gasteiger charge is 2.47. The molecule has 0 radical (unpaired) electrons. The van der Waals surface area contributed by atoms with E-state index in [1.54, 1.807) is 4.90 Å². The van der Waals surface area contributed by atoms with Gasteiger partial charge >= 0.3 is 0 Å². The van der Waals surface area contributed by atoms with Gasteiger partial charge in [0.25, 0.3) is 0 Å². The second-order valence-corrected chi connectivity index (χ2v) is 8.78. The fourth-order valence-electron chi connectivity index (χ4n) is 4.96. The van der Waals surface area contributed by atoms with Gasteiger partial charge in [-0.25, -0.2) is 0 Å². The van der Waals surface area contributed by atoms with Crippen LogP contribution in [0.25, 0.3) is 0 Å². The van der Waals surface area contributed by atoms with Gasteiger partial charge in [-0.3, -0.25) is 19.4 Å². The van der Waals surface area contributed by atoms with E-state index in [0.29, 0.717) is 6.54 Å². The Morgan fingerprint density at radius 3 is 2.18 bits per heavy atom. The number of amides is 2. The van der Waals surface area contributed by atoms with E-state index in [9.17, 15) is 9.59 Å². The minimum Gasteiger partial charge on any atom is -0.369 e. The lowest BCUT2D eigenvalue weighted by Crippen LogP contribution is -2.46. The minimum absolute atomic E-state index is 0.0131. The Balaban J connectivity index is 1.17. The fraction of sp³-hybridized carbons (Fsp3) is 0.636. The van der Waals surface area contributed by atoms with E-state index in [1.165, 1.54) is 5.69 Å². The highest BCUT2D eigenvalue weighted by atomic mass is 35.5. The molecular weight excluding hydrogens is 374 g/mol. The first-order chi connectivity index (χ1) is 13.6. The molecule has 2 unspecified atom stereocenters. The van der Waals surface area contributed by atoms with Gasteiger partial charge in [0.2, 0.25) is 11.8 Å². The summed E-state index contributed by atoms with van der Waals surface area (Å²) in [6, 6.07) is 8.05. The summed E-state index contributed by atoms with van der Waals surface area (Å²) in [5.41, 5.74) is 1.19. The number of piperazine rings is 1. The Morgan fingerprint density at radius 2 is 1.54 bits per heavy atom. The summed E-state index contributed by atoms with van der Waals surface area (Å²) in [5.74, 6) is 0.177. The van der Waals surface area contributed by atoms with Crippen molar-refractivity contribution in [2.75, 3.05) is 44.2 Å². The number of carbonyl (C=O) groups excluding carboxylic acids is 2. The van der Waals surface area contributed by atoms with Gasteiger partial charge in [-0.2, -0.15) is 0 Å². The number of anilines is 1. The summed E-state index contributed by atoms with van der Waals surface area (Å²) in [7, 11) is 0. The molecule has 152 valence electrons.